The van der Waals surface area contributed by atoms with E-state index in [1.807, 2.05) is 30.3 Å². The Morgan fingerprint density at radius 3 is 2.23 bits per heavy atom. The lowest BCUT2D eigenvalue weighted by Gasteiger charge is -2.24. The van der Waals surface area contributed by atoms with Gasteiger partial charge in [-0.1, -0.05) is 60.6 Å². The summed E-state index contributed by atoms with van der Waals surface area (Å²) in [5.74, 6) is -1.13. The van der Waals surface area contributed by atoms with Crippen LogP contribution >= 0.6 is 11.6 Å². The van der Waals surface area contributed by atoms with Crippen molar-refractivity contribution in [3.8, 4) is 0 Å². The molecule has 0 unspecified atom stereocenters. The zero-order valence-electron chi connectivity index (χ0n) is 12.2. The molecule has 0 spiro atoms. The summed E-state index contributed by atoms with van der Waals surface area (Å²) in [5, 5.41) is 11.3. The maximum absolute atomic E-state index is 11.9. The van der Waals surface area contributed by atoms with Gasteiger partial charge in [-0.25, -0.2) is 4.79 Å². The smallest absolute Gasteiger partial charge is 0.333 e. The Morgan fingerprint density at radius 2 is 1.68 bits per heavy atom. The minimum Gasteiger partial charge on any atom is -0.466 e. The molecule has 3 nitrogen and oxygen atoms in total. The van der Waals surface area contributed by atoms with Gasteiger partial charge in [0.25, 0.3) is 0 Å². The number of carbonyl (C=O) groups excluding carboxylic acids is 1. The van der Waals surface area contributed by atoms with Crippen molar-refractivity contribution in [3.63, 3.8) is 0 Å². The number of methoxy groups -OCH3 is 1. The molecule has 4 heteroatoms. The molecule has 0 heterocycles. The van der Waals surface area contributed by atoms with Crippen LogP contribution in [0, 0.1) is 0 Å². The highest BCUT2D eigenvalue weighted by Gasteiger charge is 2.29. The van der Waals surface area contributed by atoms with E-state index in [1.54, 1.807) is 24.3 Å². The van der Waals surface area contributed by atoms with E-state index >= 15 is 0 Å². The number of esters is 1. The van der Waals surface area contributed by atoms with Crippen molar-refractivity contribution in [3.05, 3.63) is 82.9 Å². The SMILES string of the molecule is C=C(C(=O)OC)[C@H](c1ccccc1)[C@H](O)c1ccc(Cl)cc1. The van der Waals surface area contributed by atoms with Crippen LogP contribution in [0.5, 0.6) is 0 Å². The van der Waals surface area contributed by atoms with Crippen LogP contribution in [0.2, 0.25) is 5.02 Å². The van der Waals surface area contributed by atoms with Gasteiger partial charge < -0.3 is 9.84 Å². The van der Waals surface area contributed by atoms with Gasteiger partial charge in [0.2, 0.25) is 0 Å². The first-order valence-corrected chi connectivity index (χ1v) is 7.18. The van der Waals surface area contributed by atoms with E-state index in [2.05, 4.69) is 6.58 Å². The van der Waals surface area contributed by atoms with Crippen molar-refractivity contribution in [2.45, 2.75) is 12.0 Å². The van der Waals surface area contributed by atoms with E-state index < -0.39 is 18.0 Å². The van der Waals surface area contributed by atoms with E-state index in [9.17, 15) is 9.90 Å². The normalized spacial score (nSPS) is 13.2. The highest BCUT2D eigenvalue weighted by Crippen LogP contribution is 2.36. The Hall–Kier alpha value is -2.10. The number of hydrogen-bond acceptors (Lipinski definition) is 3. The number of aliphatic hydroxyl groups excluding tert-OH is 1. The van der Waals surface area contributed by atoms with Crippen LogP contribution in [-0.2, 0) is 9.53 Å². The summed E-state index contributed by atoms with van der Waals surface area (Å²) in [5.41, 5.74) is 1.65. The van der Waals surface area contributed by atoms with Crippen LogP contribution in [0.15, 0.2) is 66.7 Å². The Balaban J connectivity index is 2.41. The molecule has 2 atom stereocenters. The summed E-state index contributed by atoms with van der Waals surface area (Å²) in [4.78, 5) is 11.9. The minimum absolute atomic E-state index is 0.205. The van der Waals surface area contributed by atoms with Gasteiger partial charge in [0.15, 0.2) is 0 Å². The first-order chi connectivity index (χ1) is 10.5. The molecule has 0 radical (unpaired) electrons. The molecule has 0 aliphatic heterocycles. The lowest BCUT2D eigenvalue weighted by atomic mass is 9.84. The summed E-state index contributed by atoms with van der Waals surface area (Å²) in [7, 11) is 1.30. The molecular weight excluding hydrogens is 300 g/mol. The van der Waals surface area contributed by atoms with Gasteiger partial charge in [0.05, 0.1) is 13.2 Å². The standard InChI is InChI=1S/C18H17ClO3/c1-12(18(21)22-2)16(13-6-4-3-5-7-13)17(20)14-8-10-15(19)11-9-14/h3-11,16-17,20H,1H2,2H3/t16-,17-/m1/s1. The molecule has 114 valence electrons. The van der Waals surface area contributed by atoms with Crippen molar-refractivity contribution in [1.29, 1.82) is 0 Å². The number of hydrogen-bond donors (Lipinski definition) is 1. The van der Waals surface area contributed by atoms with Crippen molar-refractivity contribution in [2.24, 2.45) is 0 Å². The number of halogens is 1. The predicted molar refractivity (Wildman–Crippen MR) is 86.8 cm³/mol. The number of rotatable bonds is 5. The van der Waals surface area contributed by atoms with Gasteiger partial charge in [0.1, 0.15) is 0 Å². The summed E-state index contributed by atoms with van der Waals surface area (Å²) >= 11 is 5.88. The molecule has 0 saturated carbocycles. The first-order valence-electron chi connectivity index (χ1n) is 6.80. The zero-order chi connectivity index (χ0) is 16.1. The van der Waals surface area contributed by atoms with Crippen LogP contribution < -0.4 is 0 Å². The largest absolute Gasteiger partial charge is 0.466 e. The van der Waals surface area contributed by atoms with E-state index in [0.29, 0.717) is 10.6 Å². The van der Waals surface area contributed by atoms with Gasteiger partial charge in [0, 0.05) is 16.5 Å². The zero-order valence-corrected chi connectivity index (χ0v) is 13.0. The molecule has 2 aromatic rings. The van der Waals surface area contributed by atoms with Gasteiger partial charge in [-0.3, -0.25) is 0 Å². The Labute approximate surface area is 134 Å². The van der Waals surface area contributed by atoms with Gasteiger partial charge in [-0.15, -0.1) is 0 Å². The van der Waals surface area contributed by atoms with Gasteiger partial charge >= 0.3 is 5.97 Å². The quantitative estimate of drug-likeness (QED) is 0.672. The molecule has 0 amide bonds. The molecule has 2 aromatic carbocycles. The highest BCUT2D eigenvalue weighted by atomic mass is 35.5. The average molecular weight is 317 g/mol. The molecular formula is C18H17ClO3. The maximum Gasteiger partial charge on any atom is 0.333 e. The van der Waals surface area contributed by atoms with Crippen LogP contribution in [0.3, 0.4) is 0 Å². The van der Waals surface area contributed by atoms with Crippen LogP contribution in [0.25, 0.3) is 0 Å². The van der Waals surface area contributed by atoms with E-state index in [1.165, 1.54) is 7.11 Å². The molecule has 0 saturated heterocycles. The molecule has 22 heavy (non-hydrogen) atoms. The van der Waals surface area contributed by atoms with E-state index in [-0.39, 0.29) is 5.57 Å². The predicted octanol–water partition coefficient (Wildman–Crippen LogP) is 3.89. The van der Waals surface area contributed by atoms with Crippen molar-refractivity contribution in [2.75, 3.05) is 7.11 Å². The second kappa shape index (κ2) is 7.25. The van der Waals surface area contributed by atoms with E-state index in [0.717, 1.165) is 5.56 Å². The maximum atomic E-state index is 11.9. The fourth-order valence-corrected chi connectivity index (χ4v) is 2.47. The summed E-state index contributed by atoms with van der Waals surface area (Å²) < 4.78 is 4.75. The molecule has 0 aromatic heterocycles. The first kappa shape index (κ1) is 16.3. The monoisotopic (exact) mass is 316 g/mol. The average Bonchev–Trinajstić information content (AvgIpc) is 2.55. The molecule has 0 fully saturated rings. The molecule has 1 N–H and O–H groups in total. The fraction of sp³-hybridized carbons (Fsp3) is 0.167. The fourth-order valence-electron chi connectivity index (χ4n) is 2.34. The van der Waals surface area contributed by atoms with Crippen LogP contribution in [-0.4, -0.2) is 18.2 Å². The van der Waals surface area contributed by atoms with E-state index in [4.69, 9.17) is 16.3 Å². The number of aliphatic hydroxyl groups is 1. The molecule has 0 bridgehead atoms. The number of benzene rings is 2. The summed E-state index contributed by atoms with van der Waals surface area (Å²) in [6.45, 7) is 3.81. The minimum atomic E-state index is -0.925. The van der Waals surface area contributed by atoms with Crippen molar-refractivity contribution >= 4 is 17.6 Å². The Kier molecular flexibility index (Phi) is 5.36. The third-order valence-electron chi connectivity index (χ3n) is 3.51. The number of ether oxygens (including phenoxy) is 1. The van der Waals surface area contributed by atoms with Crippen LogP contribution in [0.1, 0.15) is 23.1 Å². The highest BCUT2D eigenvalue weighted by molar-refractivity contribution is 6.30. The number of carbonyl (C=O) groups is 1. The van der Waals surface area contributed by atoms with Crippen LogP contribution in [0.4, 0.5) is 0 Å². The van der Waals surface area contributed by atoms with Gasteiger partial charge in [-0.2, -0.15) is 0 Å². The lowest BCUT2D eigenvalue weighted by molar-refractivity contribution is -0.136. The molecule has 0 aliphatic carbocycles. The summed E-state index contributed by atoms with van der Waals surface area (Å²) in [6.07, 6.45) is -0.925. The lowest BCUT2D eigenvalue weighted by Crippen LogP contribution is -2.19. The Morgan fingerprint density at radius 1 is 1.09 bits per heavy atom. The second-order valence-corrected chi connectivity index (χ2v) is 5.34. The second-order valence-electron chi connectivity index (χ2n) is 4.90. The van der Waals surface area contributed by atoms with Gasteiger partial charge in [-0.05, 0) is 23.3 Å². The summed E-state index contributed by atoms with van der Waals surface area (Å²) in [6, 6.07) is 16.1. The third-order valence-corrected chi connectivity index (χ3v) is 3.76. The molecule has 0 aliphatic rings. The van der Waals surface area contributed by atoms with Crippen molar-refractivity contribution < 1.29 is 14.6 Å². The topological polar surface area (TPSA) is 46.5 Å². The third kappa shape index (κ3) is 3.56. The Bertz CT molecular complexity index is 650. The van der Waals surface area contributed by atoms with Crippen molar-refractivity contribution in [1.82, 2.24) is 0 Å². The molecule has 2 rings (SSSR count).